The molecule has 0 atom stereocenters. The number of benzene rings is 2. The maximum absolute atomic E-state index is 6.02. The zero-order valence-corrected chi connectivity index (χ0v) is 21.6. The normalized spacial score (nSPS) is 14.7. The van der Waals surface area contributed by atoms with E-state index in [1.54, 1.807) is 0 Å². The SMILES string of the molecule is CCNC(=NCc1cccc(OCCN(C)C2CCOCC2)c1)NCc1ccccc1.I. The number of aliphatic imine (C=N–C) groups is 1. The van der Waals surface area contributed by atoms with Gasteiger partial charge in [0.2, 0.25) is 0 Å². The second kappa shape index (κ2) is 15.1. The molecule has 0 saturated carbocycles. The van der Waals surface area contributed by atoms with Crippen LogP contribution in [0.1, 0.15) is 30.9 Å². The van der Waals surface area contributed by atoms with Crippen LogP contribution in [-0.4, -0.2) is 56.9 Å². The largest absolute Gasteiger partial charge is 0.492 e. The van der Waals surface area contributed by atoms with Crippen molar-refractivity contribution in [3.05, 3.63) is 65.7 Å². The molecule has 0 aromatic heterocycles. The van der Waals surface area contributed by atoms with Gasteiger partial charge in [0.05, 0.1) is 6.54 Å². The highest BCUT2D eigenvalue weighted by molar-refractivity contribution is 14.0. The third-order valence-electron chi connectivity index (χ3n) is 5.49. The number of ether oxygens (including phenoxy) is 2. The van der Waals surface area contributed by atoms with E-state index in [2.05, 4.69) is 53.8 Å². The molecule has 0 amide bonds. The Morgan fingerprint density at radius 2 is 1.81 bits per heavy atom. The molecule has 0 unspecified atom stereocenters. The number of nitrogens with one attached hydrogen (secondary N) is 2. The zero-order valence-electron chi connectivity index (χ0n) is 19.3. The Kier molecular flexibility index (Phi) is 12.4. The average Bonchev–Trinajstić information content (AvgIpc) is 2.82. The van der Waals surface area contributed by atoms with Crippen molar-refractivity contribution in [3.63, 3.8) is 0 Å². The Morgan fingerprint density at radius 3 is 2.56 bits per heavy atom. The van der Waals surface area contributed by atoms with Gasteiger partial charge >= 0.3 is 0 Å². The summed E-state index contributed by atoms with van der Waals surface area (Å²) in [6, 6.07) is 19.2. The molecule has 0 bridgehead atoms. The van der Waals surface area contributed by atoms with Gasteiger partial charge < -0.3 is 20.1 Å². The molecule has 3 rings (SSSR count). The molecule has 7 heteroatoms. The molecule has 2 aromatic carbocycles. The van der Waals surface area contributed by atoms with E-state index in [1.807, 2.05) is 30.3 Å². The molecule has 1 aliphatic heterocycles. The lowest BCUT2D eigenvalue weighted by Crippen LogP contribution is -2.38. The molecule has 0 radical (unpaired) electrons. The van der Waals surface area contributed by atoms with E-state index in [1.165, 1.54) is 5.56 Å². The first kappa shape index (κ1) is 26.4. The highest BCUT2D eigenvalue weighted by Gasteiger charge is 2.17. The molecule has 1 aliphatic rings. The van der Waals surface area contributed by atoms with E-state index in [-0.39, 0.29) is 24.0 Å². The average molecular weight is 553 g/mol. The smallest absolute Gasteiger partial charge is 0.191 e. The Morgan fingerprint density at radius 1 is 1.06 bits per heavy atom. The summed E-state index contributed by atoms with van der Waals surface area (Å²) >= 11 is 0. The van der Waals surface area contributed by atoms with Gasteiger partial charge in [-0.15, -0.1) is 24.0 Å². The van der Waals surface area contributed by atoms with Crippen LogP contribution in [-0.2, 0) is 17.8 Å². The first-order valence-electron chi connectivity index (χ1n) is 11.3. The van der Waals surface area contributed by atoms with Crippen molar-refractivity contribution in [3.8, 4) is 5.75 Å². The molecule has 176 valence electrons. The van der Waals surface area contributed by atoms with E-state index < -0.39 is 0 Å². The number of hydrogen-bond donors (Lipinski definition) is 2. The van der Waals surface area contributed by atoms with Crippen LogP contribution < -0.4 is 15.4 Å². The minimum Gasteiger partial charge on any atom is -0.492 e. The van der Waals surface area contributed by atoms with Gasteiger partial charge in [0.15, 0.2) is 5.96 Å². The Balaban J connectivity index is 0.00000363. The van der Waals surface area contributed by atoms with E-state index in [0.717, 1.165) is 63.0 Å². The van der Waals surface area contributed by atoms with E-state index in [4.69, 9.17) is 14.5 Å². The van der Waals surface area contributed by atoms with Crippen molar-refractivity contribution in [1.29, 1.82) is 0 Å². The van der Waals surface area contributed by atoms with Gasteiger partial charge in [-0.25, -0.2) is 4.99 Å². The predicted molar refractivity (Wildman–Crippen MR) is 142 cm³/mol. The summed E-state index contributed by atoms with van der Waals surface area (Å²) < 4.78 is 11.5. The number of nitrogens with zero attached hydrogens (tertiary/aromatic N) is 2. The molecule has 0 spiro atoms. The van der Waals surface area contributed by atoms with Crippen molar-refractivity contribution in [2.24, 2.45) is 4.99 Å². The van der Waals surface area contributed by atoms with Crippen molar-refractivity contribution in [2.75, 3.05) is 40.0 Å². The van der Waals surface area contributed by atoms with Crippen LogP contribution in [0.25, 0.3) is 0 Å². The molecular formula is C25H37IN4O2. The van der Waals surface area contributed by atoms with Crippen LogP contribution in [0.5, 0.6) is 5.75 Å². The lowest BCUT2D eigenvalue weighted by molar-refractivity contribution is 0.0392. The minimum atomic E-state index is 0. The first-order chi connectivity index (χ1) is 15.2. The molecule has 1 fully saturated rings. The fourth-order valence-electron chi connectivity index (χ4n) is 3.64. The first-order valence-corrected chi connectivity index (χ1v) is 11.3. The molecule has 2 N–H and O–H groups in total. The number of halogens is 1. The number of likely N-dealkylation sites (N-methyl/N-ethyl adjacent to an activating group) is 1. The van der Waals surface area contributed by atoms with Crippen molar-refractivity contribution in [2.45, 2.75) is 38.9 Å². The molecule has 0 aliphatic carbocycles. The summed E-state index contributed by atoms with van der Waals surface area (Å²) in [5.74, 6) is 1.71. The van der Waals surface area contributed by atoms with Crippen LogP contribution in [0.15, 0.2) is 59.6 Å². The summed E-state index contributed by atoms with van der Waals surface area (Å²) in [4.78, 5) is 7.12. The molecule has 32 heavy (non-hydrogen) atoms. The number of rotatable bonds is 10. The number of hydrogen-bond acceptors (Lipinski definition) is 4. The number of guanidine groups is 1. The molecule has 2 aromatic rings. The molecule has 1 saturated heterocycles. The minimum absolute atomic E-state index is 0. The second-order valence-corrected chi connectivity index (χ2v) is 7.85. The van der Waals surface area contributed by atoms with Gasteiger partial charge in [-0.05, 0) is 50.1 Å². The highest BCUT2D eigenvalue weighted by atomic mass is 127. The fourth-order valence-corrected chi connectivity index (χ4v) is 3.64. The van der Waals surface area contributed by atoms with Gasteiger partial charge in [0, 0.05) is 38.9 Å². The third-order valence-corrected chi connectivity index (χ3v) is 5.49. The van der Waals surface area contributed by atoms with Gasteiger partial charge in [-0.1, -0.05) is 42.5 Å². The topological polar surface area (TPSA) is 58.1 Å². The lowest BCUT2D eigenvalue weighted by Gasteiger charge is -2.31. The molecule has 6 nitrogen and oxygen atoms in total. The van der Waals surface area contributed by atoms with Gasteiger partial charge in [-0.2, -0.15) is 0 Å². The van der Waals surface area contributed by atoms with E-state index in [0.29, 0.717) is 19.2 Å². The molecule has 1 heterocycles. The highest BCUT2D eigenvalue weighted by Crippen LogP contribution is 2.15. The third kappa shape index (κ3) is 9.34. The van der Waals surface area contributed by atoms with Crippen molar-refractivity contribution >= 4 is 29.9 Å². The van der Waals surface area contributed by atoms with Crippen molar-refractivity contribution in [1.82, 2.24) is 15.5 Å². The summed E-state index contributed by atoms with van der Waals surface area (Å²) in [6.07, 6.45) is 2.22. The van der Waals surface area contributed by atoms with Crippen LogP contribution in [0, 0.1) is 0 Å². The Bertz CT molecular complexity index is 798. The maximum Gasteiger partial charge on any atom is 0.191 e. The van der Waals surface area contributed by atoms with Crippen LogP contribution in [0.3, 0.4) is 0 Å². The van der Waals surface area contributed by atoms with E-state index >= 15 is 0 Å². The van der Waals surface area contributed by atoms with Gasteiger partial charge in [-0.3, -0.25) is 4.90 Å². The monoisotopic (exact) mass is 552 g/mol. The molecular weight excluding hydrogens is 515 g/mol. The van der Waals surface area contributed by atoms with Crippen molar-refractivity contribution < 1.29 is 9.47 Å². The Hall–Kier alpha value is -1.84. The summed E-state index contributed by atoms with van der Waals surface area (Å²) in [7, 11) is 2.18. The Labute approximate surface area is 209 Å². The maximum atomic E-state index is 6.02. The van der Waals surface area contributed by atoms with Gasteiger partial charge in [0.25, 0.3) is 0 Å². The summed E-state index contributed by atoms with van der Waals surface area (Å²) in [5.41, 5.74) is 2.36. The van der Waals surface area contributed by atoms with Crippen LogP contribution in [0.2, 0.25) is 0 Å². The predicted octanol–water partition coefficient (Wildman–Crippen LogP) is 4.05. The standard InChI is InChI=1S/C25H36N4O2.HI/c1-3-26-25(27-19-21-8-5-4-6-9-21)28-20-22-10-7-11-24(18-22)31-17-14-29(2)23-12-15-30-16-13-23;/h4-11,18,23H,3,12-17,19-20H2,1-2H3,(H2,26,27,28);1H. The van der Waals surface area contributed by atoms with Gasteiger partial charge in [0.1, 0.15) is 12.4 Å². The summed E-state index contributed by atoms with van der Waals surface area (Å²) in [6.45, 7) is 7.58. The fraction of sp³-hybridized carbons (Fsp3) is 0.480. The lowest BCUT2D eigenvalue weighted by atomic mass is 10.1. The van der Waals surface area contributed by atoms with Crippen LogP contribution in [0.4, 0.5) is 0 Å². The second-order valence-electron chi connectivity index (χ2n) is 7.85. The quantitative estimate of drug-likeness (QED) is 0.265. The van der Waals surface area contributed by atoms with Crippen LogP contribution >= 0.6 is 24.0 Å². The summed E-state index contributed by atoms with van der Waals surface area (Å²) in [5, 5.41) is 6.70. The van der Waals surface area contributed by atoms with E-state index in [9.17, 15) is 0 Å². The zero-order chi connectivity index (χ0) is 21.7.